The first kappa shape index (κ1) is 16.1. The molecule has 1 aromatic heterocycles. The average molecular weight is 361 g/mol. The summed E-state index contributed by atoms with van der Waals surface area (Å²) in [6.45, 7) is 3.48. The highest BCUT2D eigenvalue weighted by Crippen LogP contribution is 2.35. The number of allylic oxidation sites excluding steroid dienone is 2. The molecule has 5 rings (SSSR count). The van der Waals surface area contributed by atoms with Crippen LogP contribution >= 0.6 is 0 Å². The topological polar surface area (TPSA) is 91.1 Å². The van der Waals surface area contributed by atoms with Crippen molar-refractivity contribution in [1.82, 2.24) is 20.6 Å². The second kappa shape index (κ2) is 6.59. The summed E-state index contributed by atoms with van der Waals surface area (Å²) in [6.07, 6.45) is 8.02. The molecular weight excluding hydrogens is 338 g/mol. The lowest BCUT2D eigenvalue weighted by Crippen LogP contribution is -2.25. The van der Waals surface area contributed by atoms with Gasteiger partial charge in [-0.2, -0.15) is 0 Å². The fourth-order valence-corrected chi connectivity index (χ4v) is 3.83. The summed E-state index contributed by atoms with van der Waals surface area (Å²) in [7, 11) is 0. The summed E-state index contributed by atoms with van der Waals surface area (Å²) in [5.74, 6) is 1.99. The molecule has 0 spiro atoms. The van der Waals surface area contributed by atoms with E-state index in [0.717, 1.165) is 49.7 Å². The Labute approximate surface area is 158 Å². The predicted molar refractivity (Wildman–Crippen MR) is 108 cm³/mol. The first-order valence-corrected chi connectivity index (χ1v) is 9.38. The van der Waals surface area contributed by atoms with E-state index >= 15 is 0 Å². The number of anilines is 3. The largest absolute Gasteiger partial charge is 0.382 e. The molecule has 0 aliphatic carbocycles. The Morgan fingerprint density at radius 2 is 2.15 bits per heavy atom. The number of nitrogen functional groups attached to an aromatic ring is 1. The highest BCUT2D eigenvalue weighted by molar-refractivity contribution is 5.82. The molecule has 7 nitrogen and oxygen atoms in total. The second-order valence-electron chi connectivity index (χ2n) is 7.09. The van der Waals surface area contributed by atoms with Gasteiger partial charge < -0.3 is 26.6 Å². The zero-order chi connectivity index (χ0) is 18.2. The number of aromatic nitrogens is 2. The zero-order valence-corrected chi connectivity index (χ0v) is 15.1. The Hall–Kier alpha value is -3.06. The number of rotatable bonds is 3. The number of nitrogens with zero attached hydrogens (tertiary/aromatic N) is 3. The minimum absolute atomic E-state index is 0.490. The number of hydrogen-bond acceptors (Lipinski definition) is 7. The molecule has 0 radical (unpaired) electrons. The van der Waals surface area contributed by atoms with Gasteiger partial charge >= 0.3 is 0 Å². The SMILES string of the molecule is Nc1nc(C2=CCC=CN2)nc2c1NCN2Cc1ccc2c(c1)CNCC2. The van der Waals surface area contributed by atoms with E-state index in [0.29, 0.717) is 18.3 Å². The van der Waals surface area contributed by atoms with Gasteiger partial charge in [0, 0.05) is 13.1 Å². The number of benzene rings is 1. The summed E-state index contributed by atoms with van der Waals surface area (Å²) in [4.78, 5) is 11.5. The lowest BCUT2D eigenvalue weighted by atomic mass is 9.98. The monoisotopic (exact) mass is 361 g/mol. The van der Waals surface area contributed by atoms with E-state index in [1.807, 2.05) is 6.20 Å². The maximum absolute atomic E-state index is 6.20. The van der Waals surface area contributed by atoms with Gasteiger partial charge in [-0.1, -0.05) is 30.4 Å². The van der Waals surface area contributed by atoms with Crippen molar-refractivity contribution in [2.75, 3.05) is 29.2 Å². The van der Waals surface area contributed by atoms with E-state index in [2.05, 4.69) is 56.2 Å². The standard InChI is InChI=1S/C20H23N7/c21-18-17-20(26-19(25-18)16-3-1-2-7-23-16)27(12-24-17)11-13-4-5-14-6-8-22-10-15(14)9-13/h2-5,7,9,22-24H,1,6,8,10-12H2,(H2,21,25,26). The van der Waals surface area contributed by atoms with Crippen molar-refractivity contribution < 1.29 is 0 Å². The maximum atomic E-state index is 6.20. The Morgan fingerprint density at radius 3 is 3.04 bits per heavy atom. The quantitative estimate of drug-likeness (QED) is 0.664. The Morgan fingerprint density at radius 1 is 1.19 bits per heavy atom. The van der Waals surface area contributed by atoms with E-state index in [4.69, 9.17) is 10.7 Å². The highest BCUT2D eigenvalue weighted by Gasteiger charge is 2.25. The minimum atomic E-state index is 0.490. The predicted octanol–water partition coefficient (Wildman–Crippen LogP) is 1.94. The zero-order valence-electron chi connectivity index (χ0n) is 15.1. The maximum Gasteiger partial charge on any atom is 0.179 e. The van der Waals surface area contributed by atoms with Crippen molar-refractivity contribution in [3.05, 3.63) is 59.1 Å². The van der Waals surface area contributed by atoms with Crippen LogP contribution in [0.5, 0.6) is 0 Å². The van der Waals surface area contributed by atoms with Crippen LogP contribution in [0.15, 0.2) is 36.6 Å². The van der Waals surface area contributed by atoms with Gasteiger partial charge in [-0.15, -0.1) is 0 Å². The van der Waals surface area contributed by atoms with E-state index in [9.17, 15) is 0 Å². The van der Waals surface area contributed by atoms with Crippen molar-refractivity contribution in [3.63, 3.8) is 0 Å². The van der Waals surface area contributed by atoms with Crippen LogP contribution < -0.4 is 26.6 Å². The number of nitrogens with two attached hydrogens (primary N) is 1. The third kappa shape index (κ3) is 3.00. The molecule has 0 unspecified atom stereocenters. The number of hydrogen-bond donors (Lipinski definition) is 4. The molecule has 138 valence electrons. The number of dihydropyridines is 1. The van der Waals surface area contributed by atoms with Crippen LogP contribution in [-0.4, -0.2) is 23.2 Å². The Balaban J connectivity index is 1.43. The molecule has 0 atom stereocenters. The normalized spacial score (nSPS) is 17.6. The van der Waals surface area contributed by atoms with Gasteiger partial charge in [0.25, 0.3) is 0 Å². The van der Waals surface area contributed by atoms with Crippen molar-refractivity contribution in [3.8, 4) is 0 Å². The molecule has 7 heteroatoms. The van der Waals surface area contributed by atoms with Crippen molar-refractivity contribution in [1.29, 1.82) is 0 Å². The lowest BCUT2D eigenvalue weighted by molar-refractivity contribution is 0.642. The molecule has 0 saturated carbocycles. The van der Waals surface area contributed by atoms with E-state index in [1.165, 1.54) is 16.7 Å². The fraction of sp³-hybridized carbons (Fsp3) is 0.300. The molecule has 1 aromatic carbocycles. The van der Waals surface area contributed by atoms with Gasteiger partial charge in [-0.05, 0) is 42.3 Å². The molecule has 0 amide bonds. The van der Waals surface area contributed by atoms with Crippen molar-refractivity contribution >= 4 is 23.0 Å². The Kier molecular flexibility index (Phi) is 3.94. The molecular formula is C20H23N7. The first-order valence-electron chi connectivity index (χ1n) is 9.38. The molecule has 2 aromatic rings. The van der Waals surface area contributed by atoms with Gasteiger partial charge in [0.2, 0.25) is 0 Å². The highest BCUT2D eigenvalue weighted by atomic mass is 15.3. The first-order chi connectivity index (χ1) is 13.3. The summed E-state index contributed by atoms with van der Waals surface area (Å²) in [5.41, 5.74) is 12.1. The molecule has 4 heterocycles. The van der Waals surface area contributed by atoms with E-state index in [1.54, 1.807) is 0 Å². The summed E-state index contributed by atoms with van der Waals surface area (Å²) >= 11 is 0. The molecule has 27 heavy (non-hydrogen) atoms. The smallest absolute Gasteiger partial charge is 0.179 e. The van der Waals surface area contributed by atoms with Crippen LogP contribution in [0.25, 0.3) is 5.70 Å². The minimum Gasteiger partial charge on any atom is -0.382 e. The summed E-state index contributed by atoms with van der Waals surface area (Å²) in [5, 5.41) is 9.99. The molecule has 0 fully saturated rings. The molecule has 3 aliphatic heterocycles. The van der Waals surface area contributed by atoms with Gasteiger partial charge in [0.1, 0.15) is 5.69 Å². The average Bonchev–Trinajstić information content (AvgIpc) is 3.12. The van der Waals surface area contributed by atoms with Crippen LogP contribution in [0.4, 0.5) is 17.3 Å². The van der Waals surface area contributed by atoms with E-state index in [-0.39, 0.29) is 0 Å². The molecule has 3 aliphatic rings. The Bertz CT molecular complexity index is 948. The van der Waals surface area contributed by atoms with E-state index < -0.39 is 0 Å². The third-order valence-electron chi connectivity index (χ3n) is 5.25. The van der Waals surface area contributed by atoms with Gasteiger partial charge in [-0.3, -0.25) is 0 Å². The number of fused-ring (bicyclic) bond motifs is 2. The number of nitrogens with one attached hydrogen (secondary N) is 3. The van der Waals surface area contributed by atoms with Gasteiger partial charge in [-0.25, -0.2) is 9.97 Å². The fourth-order valence-electron chi connectivity index (χ4n) is 3.83. The van der Waals surface area contributed by atoms with Crippen molar-refractivity contribution in [2.45, 2.75) is 25.9 Å². The van der Waals surface area contributed by atoms with Crippen molar-refractivity contribution in [2.24, 2.45) is 0 Å². The second-order valence-corrected chi connectivity index (χ2v) is 7.09. The van der Waals surface area contributed by atoms with Crippen LogP contribution in [0, 0.1) is 0 Å². The van der Waals surface area contributed by atoms with Crippen LogP contribution in [-0.2, 0) is 19.5 Å². The van der Waals surface area contributed by atoms with Gasteiger partial charge in [0.15, 0.2) is 17.5 Å². The lowest BCUT2D eigenvalue weighted by Gasteiger charge is -2.21. The third-order valence-corrected chi connectivity index (χ3v) is 5.25. The molecule has 0 bridgehead atoms. The summed E-state index contributed by atoms with van der Waals surface area (Å²) < 4.78 is 0. The molecule has 5 N–H and O–H groups in total. The van der Waals surface area contributed by atoms with Crippen LogP contribution in [0.3, 0.4) is 0 Å². The van der Waals surface area contributed by atoms with Gasteiger partial charge in [0.05, 0.1) is 12.4 Å². The van der Waals surface area contributed by atoms with Crippen LogP contribution in [0.2, 0.25) is 0 Å². The summed E-state index contributed by atoms with van der Waals surface area (Å²) in [6, 6.07) is 6.79. The van der Waals surface area contributed by atoms with Crippen LogP contribution in [0.1, 0.15) is 28.9 Å². The molecule has 0 saturated heterocycles.